The normalized spacial score (nSPS) is 23.9. The third-order valence-corrected chi connectivity index (χ3v) is 3.19. The summed E-state index contributed by atoms with van der Waals surface area (Å²) in [5.41, 5.74) is 0.379. The van der Waals surface area contributed by atoms with Gasteiger partial charge in [0.25, 0.3) is 0 Å². The Morgan fingerprint density at radius 3 is 2.67 bits per heavy atom. The van der Waals surface area contributed by atoms with Crippen molar-refractivity contribution in [1.29, 1.82) is 0 Å². The molecule has 1 aromatic rings. The average Bonchev–Trinajstić information content (AvgIpc) is 2.24. The Morgan fingerprint density at radius 2 is 2.00 bits per heavy atom. The lowest BCUT2D eigenvalue weighted by Gasteiger charge is -2.38. The van der Waals surface area contributed by atoms with Crippen LogP contribution in [-0.4, -0.2) is 11.0 Å². The van der Waals surface area contributed by atoms with E-state index in [1.165, 1.54) is 0 Å². The third-order valence-electron chi connectivity index (χ3n) is 2.86. The lowest BCUT2D eigenvalue weighted by atomic mass is 9.78. The van der Waals surface area contributed by atoms with Gasteiger partial charge in [0.05, 0.1) is 17.2 Å². The van der Waals surface area contributed by atoms with Gasteiger partial charge in [-0.3, -0.25) is 4.79 Å². The topological polar surface area (TPSA) is 40.5 Å². The van der Waals surface area contributed by atoms with Crippen molar-refractivity contribution in [3.8, 4) is 0 Å². The van der Waals surface area contributed by atoms with Gasteiger partial charge in [0.15, 0.2) is 0 Å². The first kappa shape index (κ1) is 10.5. The number of fused-ring (bicyclic) bond motifs is 1. The second kappa shape index (κ2) is 3.22. The fourth-order valence-electron chi connectivity index (χ4n) is 1.77. The summed E-state index contributed by atoms with van der Waals surface area (Å²) in [6, 6.07) is 7.10. The van der Waals surface area contributed by atoms with Crippen molar-refractivity contribution in [3.63, 3.8) is 0 Å². The molecule has 15 heavy (non-hydrogen) atoms. The number of aliphatic hydroxyl groups excluding tert-OH is 1. The number of carbonyl (C=O) groups excluding carboxylic acids is 1. The maximum absolute atomic E-state index is 11.9. The first-order chi connectivity index (χ1) is 6.96. The molecule has 1 unspecified atom stereocenters. The van der Waals surface area contributed by atoms with Crippen LogP contribution in [0, 0.1) is 5.41 Å². The number of halogens is 1. The van der Waals surface area contributed by atoms with Crippen LogP contribution in [0.3, 0.4) is 0 Å². The maximum atomic E-state index is 11.9. The summed E-state index contributed by atoms with van der Waals surface area (Å²) >= 11 is 5.92. The van der Waals surface area contributed by atoms with E-state index >= 15 is 0 Å². The fourth-order valence-corrected chi connectivity index (χ4v) is 2.14. The van der Waals surface area contributed by atoms with Crippen molar-refractivity contribution in [1.82, 2.24) is 0 Å². The monoisotopic (exact) mass is 225 g/mol. The summed E-state index contributed by atoms with van der Waals surface area (Å²) in [5, 5.41) is 10.1. The molecule has 3 nitrogen and oxygen atoms in total. The van der Waals surface area contributed by atoms with Crippen LogP contribution in [-0.2, 0) is 4.79 Å². The standard InChI is InChI=1S/C11H12ClNO2/c1-11(2)9(14)7-5-3-4-6-8(7)13(12)10(11)15/h3-6,9,14H,1-2H3. The highest BCUT2D eigenvalue weighted by Gasteiger charge is 2.45. The smallest absolute Gasteiger partial charge is 0.250 e. The molecular weight excluding hydrogens is 214 g/mol. The molecule has 0 aliphatic carbocycles. The van der Waals surface area contributed by atoms with Gasteiger partial charge in [-0.25, -0.2) is 4.42 Å². The van der Waals surface area contributed by atoms with Crippen LogP contribution in [0.4, 0.5) is 5.69 Å². The molecule has 0 saturated carbocycles. The van der Waals surface area contributed by atoms with Crippen molar-refractivity contribution in [2.45, 2.75) is 20.0 Å². The number of hydrogen-bond donors (Lipinski definition) is 1. The van der Waals surface area contributed by atoms with Crippen molar-refractivity contribution < 1.29 is 9.90 Å². The van der Waals surface area contributed by atoms with Gasteiger partial charge < -0.3 is 5.11 Å². The number of anilines is 1. The van der Waals surface area contributed by atoms with E-state index in [0.29, 0.717) is 11.3 Å². The van der Waals surface area contributed by atoms with Gasteiger partial charge in [-0.1, -0.05) is 18.2 Å². The first-order valence-corrected chi connectivity index (χ1v) is 5.07. The van der Waals surface area contributed by atoms with E-state index in [9.17, 15) is 9.90 Å². The van der Waals surface area contributed by atoms with Crippen LogP contribution >= 0.6 is 11.8 Å². The second-order valence-corrected chi connectivity index (χ2v) is 4.61. The molecule has 1 aliphatic heterocycles. The number of carbonyl (C=O) groups is 1. The first-order valence-electron chi connectivity index (χ1n) is 4.73. The van der Waals surface area contributed by atoms with E-state index in [4.69, 9.17) is 11.8 Å². The van der Waals surface area contributed by atoms with Gasteiger partial charge in [-0.15, -0.1) is 0 Å². The molecule has 0 radical (unpaired) electrons. The number of aliphatic hydroxyl groups is 1. The number of hydrogen-bond acceptors (Lipinski definition) is 2. The van der Waals surface area contributed by atoms with Crippen LogP contribution in [0.15, 0.2) is 24.3 Å². The molecule has 0 aromatic heterocycles. The van der Waals surface area contributed by atoms with Gasteiger partial charge in [-0.2, -0.15) is 0 Å². The Balaban J connectivity index is 2.62. The van der Waals surface area contributed by atoms with Crippen molar-refractivity contribution in [2.75, 3.05) is 4.42 Å². The Labute approximate surface area is 93.4 Å². The molecular formula is C11H12ClNO2. The summed E-state index contributed by atoms with van der Waals surface area (Å²) in [6.07, 6.45) is -0.809. The number of nitrogens with zero attached hydrogens (tertiary/aromatic N) is 1. The van der Waals surface area contributed by atoms with Crippen LogP contribution in [0.2, 0.25) is 0 Å². The van der Waals surface area contributed by atoms with Gasteiger partial charge in [0.1, 0.15) is 0 Å². The number of rotatable bonds is 0. The minimum atomic E-state index is -0.879. The predicted octanol–water partition coefficient (Wildman–Crippen LogP) is 2.25. The van der Waals surface area contributed by atoms with E-state index in [2.05, 4.69) is 0 Å². The van der Waals surface area contributed by atoms with Crippen LogP contribution in [0.5, 0.6) is 0 Å². The molecule has 1 atom stereocenters. The molecule has 80 valence electrons. The highest BCUT2D eigenvalue weighted by atomic mass is 35.5. The van der Waals surface area contributed by atoms with E-state index in [1.54, 1.807) is 32.0 Å². The molecule has 0 bridgehead atoms. The van der Waals surface area contributed by atoms with Gasteiger partial charge >= 0.3 is 0 Å². The quantitative estimate of drug-likeness (QED) is 0.688. The Kier molecular flexibility index (Phi) is 2.24. The van der Waals surface area contributed by atoms with E-state index in [0.717, 1.165) is 4.42 Å². The van der Waals surface area contributed by atoms with E-state index in [-0.39, 0.29) is 5.91 Å². The molecule has 1 amide bonds. The second-order valence-electron chi connectivity index (χ2n) is 4.27. The lowest BCUT2D eigenvalue weighted by molar-refractivity contribution is -0.132. The zero-order valence-electron chi connectivity index (χ0n) is 8.57. The van der Waals surface area contributed by atoms with E-state index < -0.39 is 11.5 Å². The van der Waals surface area contributed by atoms with Crippen molar-refractivity contribution in [3.05, 3.63) is 29.8 Å². The zero-order valence-corrected chi connectivity index (χ0v) is 9.32. The lowest BCUT2D eigenvalue weighted by Crippen LogP contribution is -2.44. The van der Waals surface area contributed by atoms with Crippen LogP contribution in [0.1, 0.15) is 25.5 Å². The number of amides is 1. The highest BCUT2D eigenvalue weighted by Crippen LogP contribution is 2.45. The highest BCUT2D eigenvalue weighted by molar-refractivity contribution is 6.38. The summed E-state index contributed by atoms with van der Waals surface area (Å²) in [6.45, 7) is 3.37. The molecule has 1 heterocycles. The van der Waals surface area contributed by atoms with Crippen molar-refractivity contribution in [2.24, 2.45) is 5.41 Å². The molecule has 1 aromatic carbocycles. The largest absolute Gasteiger partial charge is 0.387 e. The van der Waals surface area contributed by atoms with Gasteiger partial charge in [0.2, 0.25) is 5.91 Å². The summed E-state index contributed by atoms with van der Waals surface area (Å²) in [5.74, 6) is -0.282. The average molecular weight is 226 g/mol. The SMILES string of the molecule is CC1(C)C(=O)N(Cl)c2ccccc2C1O. The Hall–Kier alpha value is -1.06. The number of para-hydroxylation sites is 1. The fraction of sp³-hybridized carbons (Fsp3) is 0.364. The Morgan fingerprint density at radius 1 is 1.40 bits per heavy atom. The third kappa shape index (κ3) is 1.34. The predicted molar refractivity (Wildman–Crippen MR) is 58.5 cm³/mol. The van der Waals surface area contributed by atoms with Gasteiger partial charge in [0, 0.05) is 17.3 Å². The zero-order chi connectivity index (χ0) is 11.2. The molecule has 0 saturated heterocycles. The minimum Gasteiger partial charge on any atom is -0.387 e. The van der Waals surface area contributed by atoms with E-state index in [1.807, 2.05) is 6.07 Å². The molecule has 4 heteroatoms. The maximum Gasteiger partial charge on any atom is 0.250 e. The molecule has 0 fully saturated rings. The van der Waals surface area contributed by atoms with Gasteiger partial charge in [-0.05, 0) is 19.9 Å². The molecule has 2 rings (SSSR count). The minimum absolute atomic E-state index is 0.282. The summed E-state index contributed by atoms with van der Waals surface area (Å²) in [7, 11) is 0. The number of benzene rings is 1. The Bertz CT molecular complexity index is 417. The van der Waals surface area contributed by atoms with Crippen molar-refractivity contribution >= 4 is 23.4 Å². The molecule has 0 spiro atoms. The molecule has 1 aliphatic rings. The van der Waals surface area contributed by atoms with Crippen LogP contribution in [0.25, 0.3) is 0 Å². The summed E-state index contributed by atoms with van der Waals surface area (Å²) in [4.78, 5) is 11.9. The van der Waals surface area contributed by atoms with Crippen LogP contribution < -0.4 is 4.42 Å². The molecule has 1 N–H and O–H groups in total. The summed E-state index contributed by atoms with van der Waals surface area (Å²) < 4.78 is 1.09.